The third-order valence-corrected chi connectivity index (χ3v) is 4.47. The zero-order valence-electron chi connectivity index (χ0n) is 11.9. The first kappa shape index (κ1) is 15.2. The third-order valence-electron chi connectivity index (χ3n) is 3.34. The molecule has 1 aliphatic rings. The maximum Gasteiger partial charge on any atom is 0.322 e. The van der Waals surface area contributed by atoms with Crippen molar-refractivity contribution >= 4 is 17.7 Å². The number of carbonyl (C=O) groups excluding carboxylic acids is 1. The third kappa shape index (κ3) is 3.90. The molecule has 0 amide bonds. The van der Waals surface area contributed by atoms with Crippen LogP contribution in [0.3, 0.4) is 0 Å². The van der Waals surface area contributed by atoms with E-state index >= 15 is 0 Å². The second kappa shape index (κ2) is 6.99. The molecule has 1 aliphatic heterocycles. The molecule has 0 saturated heterocycles. The van der Waals surface area contributed by atoms with Crippen LogP contribution in [0.1, 0.15) is 17.5 Å². The van der Waals surface area contributed by atoms with Crippen LogP contribution in [-0.4, -0.2) is 36.7 Å². The Kier molecular flexibility index (Phi) is 5.31. The normalized spacial score (nSPS) is 18.2. The number of thioether (sulfide) groups is 1. The molecule has 0 aliphatic carbocycles. The SMILES string of the molecule is COC(=O)C(N)CCSCC1Cc2cc(C)ccc2O1. The minimum absolute atomic E-state index is 0.228. The molecule has 110 valence electrons. The van der Waals surface area contributed by atoms with Crippen molar-refractivity contribution < 1.29 is 14.3 Å². The molecule has 1 aromatic rings. The van der Waals surface area contributed by atoms with Crippen LogP contribution in [0.25, 0.3) is 0 Å². The van der Waals surface area contributed by atoms with E-state index in [2.05, 4.69) is 23.8 Å². The summed E-state index contributed by atoms with van der Waals surface area (Å²) in [5.74, 6) is 2.42. The fourth-order valence-electron chi connectivity index (χ4n) is 2.24. The molecule has 0 bridgehead atoms. The van der Waals surface area contributed by atoms with Crippen LogP contribution in [0.5, 0.6) is 5.75 Å². The average molecular weight is 295 g/mol. The predicted octanol–water partition coefficient (Wildman–Crippen LogP) is 1.92. The van der Waals surface area contributed by atoms with Crippen molar-refractivity contribution in [2.45, 2.75) is 31.9 Å². The van der Waals surface area contributed by atoms with Gasteiger partial charge in [-0.15, -0.1) is 0 Å². The van der Waals surface area contributed by atoms with E-state index in [9.17, 15) is 4.79 Å². The summed E-state index contributed by atoms with van der Waals surface area (Å²) in [5.41, 5.74) is 8.25. The highest BCUT2D eigenvalue weighted by molar-refractivity contribution is 7.99. The van der Waals surface area contributed by atoms with Gasteiger partial charge in [0, 0.05) is 12.2 Å². The number of carbonyl (C=O) groups is 1. The number of ether oxygens (including phenoxy) is 2. The Hall–Kier alpha value is -1.20. The molecule has 4 nitrogen and oxygen atoms in total. The summed E-state index contributed by atoms with van der Waals surface area (Å²) in [4.78, 5) is 11.2. The van der Waals surface area contributed by atoms with E-state index in [1.807, 2.05) is 6.07 Å². The van der Waals surface area contributed by atoms with Crippen molar-refractivity contribution in [2.24, 2.45) is 5.73 Å². The highest BCUT2D eigenvalue weighted by atomic mass is 32.2. The molecule has 1 aromatic carbocycles. The minimum Gasteiger partial charge on any atom is -0.489 e. The zero-order valence-corrected chi connectivity index (χ0v) is 12.7. The molecule has 0 radical (unpaired) electrons. The smallest absolute Gasteiger partial charge is 0.322 e. The topological polar surface area (TPSA) is 61.5 Å². The van der Waals surface area contributed by atoms with Gasteiger partial charge in [-0.25, -0.2) is 0 Å². The van der Waals surface area contributed by atoms with Crippen LogP contribution in [0.4, 0.5) is 0 Å². The van der Waals surface area contributed by atoms with E-state index in [0.717, 1.165) is 23.7 Å². The van der Waals surface area contributed by atoms with E-state index in [-0.39, 0.29) is 12.1 Å². The summed E-state index contributed by atoms with van der Waals surface area (Å²) in [5, 5.41) is 0. The molecule has 0 saturated carbocycles. The van der Waals surface area contributed by atoms with Gasteiger partial charge in [-0.05, 0) is 30.7 Å². The number of esters is 1. The largest absolute Gasteiger partial charge is 0.489 e. The lowest BCUT2D eigenvalue weighted by Gasteiger charge is -2.11. The zero-order chi connectivity index (χ0) is 14.5. The maximum atomic E-state index is 11.2. The molecule has 1 heterocycles. The fraction of sp³-hybridized carbons (Fsp3) is 0.533. The number of methoxy groups -OCH3 is 1. The number of fused-ring (bicyclic) bond motifs is 1. The van der Waals surface area contributed by atoms with Crippen LogP contribution in [0.2, 0.25) is 0 Å². The van der Waals surface area contributed by atoms with Crippen LogP contribution < -0.4 is 10.5 Å². The molecule has 0 aromatic heterocycles. The molecule has 2 atom stereocenters. The van der Waals surface area contributed by atoms with Crippen LogP contribution in [-0.2, 0) is 16.0 Å². The Morgan fingerprint density at radius 2 is 2.40 bits per heavy atom. The maximum absolute atomic E-state index is 11.2. The van der Waals surface area contributed by atoms with Gasteiger partial charge < -0.3 is 15.2 Å². The van der Waals surface area contributed by atoms with Gasteiger partial charge in [0.2, 0.25) is 0 Å². The lowest BCUT2D eigenvalue weighted by Crippen LogP contribution is -2.32. The molecule has 0 spiro atoms. The summed E-state index contributed by atoms with van der Waals surface area (Å²) in [6, 6.07) is 5.79. The monoisotopic (exact) mass is 295 g/mol. The summed E-state index contributed by atoms with van der Waals surface area (Å²) >= 11 is 1.77. The van der Waals surface area contributed by atoms with Crippen LogP contribution in [0, 0.1) is 6.92 Å². The van der Waals surface area contributed by atoms with Gasteiger partial charge in [-0.1, -0.05) is 17.7 Å². The summed E-state index contributed by atoms with van der Waals surface area (Å²) in [6.07, 6.45) is 1.83. The number of hydrogen-bond acceptors (Lipinski definition) is 5. The van der Waals surface area contributed by atoms with Crippen molar-refractivity contribution in [3.05, 3.63) is 29.3 Å². The van der Waals surface area contributed by atoms with E-state index < -0.39 is 6.04 Å². The average Bonchev–Trinajstić information content (AvgIpc) is 2.84. The Labute approximate surface area is 124 Å². The van der Waals surface area contributed by atoms with E-state index in [0.29, 0.717) is 6.42 Å². The highest BCUT2D eigenvalue weighted by Crippen LogP contribution is 2.30. The Morgan fingerprint density at radius 1 is 1.60 bits per heavy atom. The second-order valence-electron chi connectivity index (χ2n) is 5.05. The Balaban J connectivity index is 1.69. The van der Waals surface area contributed by atoms with E-state index in [1.165, 1.54) is 18.2 Å². The van der Waals surface area contributed by atoms with Gasteiger partial charge in [0.1, 0.15) is 17.9 Å². The molecule has 20 heavy (non-hydrogen) atoms. The van der Waals surface area contributed by atoms with Crippen LogP contribution in [0.15, 0.2) is 18.2 Å². The van der Waals surface area contributed by atoms with Crippen molar-refractivity contribution in [1.29, 1.82) is 0 Å². The van der Waals surface area contributed by atoms with E-state index in [1.54, 1.807) is 11.8 Å². The molecule has 2 N–H and O–H groups in total. The van der Waals surface area contributed by atoms with Gasteiger partial charge in [0.05, 0.1) is 7.11 Å². The molecule has 0 fully saturated rings. The molecule has 2 unspecified atom stereocenters. The van der Waals surface area contributed by atoms with Crippen molar-refractivity contribution in [1.82, 2.24) is 0 Å². The number of hydrogen-bond donors (Lipinski definition) is 1. The summed E-state index contributed by atoms with van der Waals surface area (Å²) in [6.45, 7) is 2.09. The van der Waals surface area contributed by atoms with Crippen molar-refractivity contribution in [2.75, 3.05) is 18.6 Å². The number of nitrogens with two attached hydrogens (primary N) is 1. The summed E-state index contributed by atoms with van der Waals surface area (Å²) < 4.78 is 10.5. The molecule has 5 heteroatoms. The fourth-order valence-corrected chi connectivity index (χ4v) is 3.27. The molecular weight excluding hydrogens is 274 g/mol. The second-order valence-corrected chi connectivity index (χ2v) is 6.20. The van der Waals surface area contributed by atoms with Gasteiger partial charge in [-0.2, -0.15) is 11.8 Å². The first-order valence-electron chi connectivity index (χ1n) is 6.77. The van der Waals surface area contributed by atoms with Gasteiger partial charge in [0.25, 0.3) is 0 Å². The lowest BCUT2D eigenvalue weighted by atomic mass is 10.1. The Morgan fingerprint density at radius 3 is 3.15 bits per heavy atom. The minimum atomic E-state index is -0.517. The van der Waals surface area contributed by atoms with Crippen molar-refractivity contribution in [3.63, 3.8) is 0 Å². The van der Waals surface area contributed by atoms with Crippen LogP contribution >= 0.6 is 11.8 Å². The first-order chi connectivity index (χ1) is 9.60. The number of aryl methyl sites for hydroxylation is 1. The molecular formula is C15H21NO3S. The van der Waals surface area contributed by atoms with Crippen molar-refractivity contribution in [3.8, 4) is 5.75 Å². The Bertz CT molecular complexity index is 478. The standard InChI is InChI=1S/C15H21NO3S/c1-10-3-4-14-11(7-10)8-12(19-14)9-20-6-5-13(16)15(17)18-2/h3-4,7,12-13H,5-6,8-9,16H2,1-2H3. The van der Waals surface area contributed by atoms with Gasteiger partial charge >= 0.3 is 5.97 Å². The first-order valence-corrected chi connectivity index (χ1v) is 7.93. The number of rotatable bonds is 6. The van der Waals surface area contributed by atoms with Gasteiger partial charge in [0.15, 0.2) is 0 Å². The van der Waals surface area contributed by atoms with E-state index in [4.69, 9.17) is 10.5 Å². The molecule has 2 rings (SSSR count). The number of benzene rings is 1. The predicted molar refractivity (Wildman–Crippen MR) is 81.2 cm³/mol. The quantitative estimate of drug-likeness (QED) is 0.642. The summed E-state index contributed by atoms with van der Waals surface area (Å²) in [7, 11) is 1.36. The highest BCUT2D eigenvalue weighted by Gasteiger charge is 2.22. The lowest BCUT2D eigenvalue weighted by molar-refractivity contribution is -0.142. The van der Waals surface area contributed by atoms with Gasteiger partial charge in [-0.3, -0.25) is 4.79 Å².